The maximum Gasteiger partial charge on any atom is 0.270 e. The Labute approximate surface area is 222 Å². The zero-order valence-corrected chi connectivity index (χ0v) is 21.8. The largest absolute Gasteiger partial charge is 0.342 e. The third-order valence-corrected chi connectivity index (χ3v) is 6.95. The minimum atomic E-state index is -0.485. The Morgan fingerprint density at radius 3 is 2.49 bits per heavy atom. The third-order valence-electron chi connectivity index (χ3n) is 6.67. The average molecular weight is 508 g/mol. The summed E-state index contributed by atoms with van der Waals surface area (Å²) in [5.74, 6) is -0.910. The van der Waals surface area contributed by atoms with E-state index >= 15 is 0 Å². The zero-order chi connectivity index (χ0) is 25.9. The van der Waals surface area contributed by atoms with Crippen LogP contribution in [0.3, 0.4) is 0 Å². The van der Waals surface area contributed by atoms with Crippen molar-refractivity contribution in [3.05, 3.63) is 107 Å². The number of carbonyl (C=O) groups is 2. The van der Waals surface area contributed by atoms with Crippen LogP contribution in [-0.4, -0.2) is 21.5 Å². The smallest absolute Gasteiger partial charge is 0.270 e. The van der Waals surface area contributed by atoms with E-state index in [4.69, 9.17) is 12.2 Å². The summed E-state index contributed by atoms with van der Waals surface area (Å²) in [6.45, 7) is 4.93. The van der Waals surface area contributed by atoms with Gasteiger partial charge in [0.25, 0.3) is 11.8 Å². The minimum absolute atomic E-state index is 0.0575. The van der Waals surface area contributed by atoms with Gasteiger partial charge in [0.05, 0.1) is 5.69 Å². The van der Waals surface area contributed by atoms with E-state index in [0.29, 0.717) is 12.2 Å². The molecule has 2 amide bonds. The van der Waals surface area contributed by atoms with Gasteiger partial charge < -0.3 is 4.57 Å². The molecule has 0 aliphatic carbocycles. The molecule has 3 aromatic carbocycles. The number of fused-ring (bicyclic) bond motifs is 1. The summed E-state index contributed by atoms with van der Waals surface area (Å²) >= 11 is 5.39. The van der Waals surface area contributed by atoms with Crippen molar-refractivity contribution < 1.29 is 9.59 Å². The van der Waals surface area contributed by atoms with Gasteiger partial charge in [-0.1, -0.05) is 73.5 Å². The lowest BCUT2D eigenvalue weighted by Crippen LogP contribution is -2.54. The number of rotatable bonds is 7. The van der Waals surface area contributed by atoms with E-state index in [9.17, 15) is 9.59 Å². The molecule has 5 nitrogen and oxygen atoms in total. The van der Waals surface area contributed by atoms with E-state index in [1.54, 1.807) is 6.08 Å². The fraction of sp³-hybridized carbons (Fsp3) is 0.194. The van der Waals surface area contributed by atoms with Crippen LogP contribution in [0.1, 0.15) is 42.0 Å². The van der Waals surface area contributed by atoms with Gasteiger partial charge >= 0.3 is 0 Å². The van der Waals surface area contributed by atoms with E-state index in [-0.39, 0.29) is 10.7 Å². The number of aromatic nitrogens is 1. The summed E-state index contributed by atoms with van der Waals surface area (Å²) in [7, 11) is 0. The molecule has 1 aromatic heterocycles. The van der Waals surface area contributed by atoms with E-state index in [0.717, 1.165) is 35.7 Å². The molecule has 0 saturated carbocycles. The Morgan fingerprint density at radius 2 is 1.73 bits per heavy atom. The highest BCUT2D eigenvalue weighted by Gasteiger charge is 2.34. The van der Waals surface area contributed by atoms with Crippen molar-refractivity contribution in [2.24, 2.45) is 0 Å². The SMILES string of the molecule is CCCCc1ccc(N2C(=O)/C(=C/c3cn(Cc4cccc(C)c4)c4ccccc34)C(=O)NC2=S)cc1. The number of hydrogen-bond donors (Lipinski definition) is 1. The molecule has 1 aliphatic rings. The fourth-order valence-electron chi connectivity index (χ4n) is 4.77. The second-order valence-electron chi connectivity index (χ2n) is 9.45. The topological polar surface area (TPSA) is 54.3 Å². The summed E-state index contributed by atoms with van der Waals surface area (Å²) in [5.41, 5.74) is 6.15. The number of benzene rings is 3. The van der Waals surface area contributed by atoms with E-state index in [1.165, 1.54) is 21.6 Å². The molecule has 6 heteroatoms. The number of hydrogen-bond acceptors (Lipinski definition) is 3. The summed E-state index contributed by atoms with van der Waals surface area (Å²) in [6.07, 6.45) is 6.90. The summed E-state index contributed by atoms with van der Waals surface area (Å²) in [6, 6.07) is 24.2. The molecule has 2 heterocycles. The summed E-state index contributed by atoms with van der Waals surface area (Å²) in [4.78, 5) is 27.9. The van der Waals surface area contributed by atoms with Gasteiger partial charge in [-0.3, -0.25) is 19.8 Å². The first kappa shape index (κ1) is 24.7. The van der Waals surface area contributed by atoms with Crippen LogP contribution in [0.25, 0.3) is 17.0 Å². The first-order valence-corrected chi connectivity index (χ1v) is 13.0. The van der Waals surface area contributed by atoms with Crippen LogP contribution in [0.2, 0.25) is 0 Å². The highest BCUT2D eigenvalue weighted by Crippen LogP contribution is 2.27. The molecule has 37 heavy (non-hydrogen) atoms. The number of unbranched alkanes of at least 4 members (excludes halogenated alkanes) is 1. The van der Waals surface area contributed by atoms with Crippen LogP contribution < -0.4 is 10.2 Å². The van der Waals surface area contributed by atoms with Gasteiger partial charge in [0.15, 0.2) is 5.11 Å². The highest BCUT2D eigenvalue weighted by molar-refractivity contribution is 7.80. The lowest BCUT2D eigenvalue weighted by molar-refractivity contribution is -0.122. The highest BCUT2D eigenvalue weighted by atomic mass is 32.1. The van der Waals surface area contributed by atoms with Crippen molar-refractivity contribution in [3.8, 4) is 0 Å². The van der Waals surface area contributed by atoms with E-state index in [1.807, 2.05) is 48.7 Å². The van der Waals surface area contributed by atoms with Gasteiger partial charge in [-0.25, -0.2) is 0 Å². The van der Waals surface area contributed by atoms with Gasteiger partial charge in [0.1, 0.15) is 5.57 Å². The number of nitrogens with zero attached hydrogens (tertiary/aromatic N) is 2. The minimum Gasteiger partial charge on any atom is -0.342 e. The van der Waals surface area contributed by atoms with E-state index in [2.05, 4.69) is 54.1 Å². The maximum absolute atomic E-state index is 13.6. The first-order chi connectivity index (χ1) is 17.9. The summed E-state index contributed by atoms with van der Waals surface area (Å²) in [5, 5.41) is 3.77. The van der Waals surface area contributed by atoms with Crippen LogP contribution in [0.4, 0.5) is 5.69 Å². The van der Waals surface area contributed by atoms with Crippen LogP contribution in [-0.2, 0) is 22.6 Å². The molecule has 1 fully saturated rings. The summed E-state index contributed by atoms with van der Waals surface area (Å²) < 4.78 is 2.15. The molecular formula is C31H29N3O2S. The molecule has 0 radical (unpaired) electrons. The molecule has 0 atom stereocenters. The number of para-hydroxylation sites is 1. The first-order valence-electron chi connectivity index (χ1n) is 12.6. The Kier molecular flexibility index (Phi) is 7.01. The van der Waals surface area contributed by atoms with Crippen molar-refractivity contribution in [1.29, 1.82) is 0 Å². The molecule has 186 valence electrons. The standard InChI is InChI=1S/C31H29N3O2S/c1-3-4-9-22-13-15-25(16-14-22)34-30(36)27(29(35)32-31(34)37)18-24-20-33(28-12-6-5-11-26(24)28)19-23-10-7-8-21(2)17-23/h5-8,10-18,20H,3-4,9,19H2,1-2H3,(H,32,35,37)/b27-18+. The maximum atomic E-state index is 13.6. The van der Waals surface area contributed by atoms with E-state index < -0.39 is 11.8 Å². The number of carbonyl (C=O) groups excluding carboxylic acids is 2. The van der Waals surface area contributed by atoms with Gasteiger partial charge in [-0.15, -0.1) is 0 Å². The molecule has 0 spiro atoms. The van der Waals surface area contributed by atoms with Gasteiger partial charge in [0.2, 0.25) is 0 Å². The third kappa shape index (κ3) is 5.11. The lowest BCUT2D eigenvalue weighted by atomic mass is 10.1. The molecular weight excluding hydrogens is 478 g/mol. The Bertz CT molecular complexity index is 1530. The molecule has 1 aliphatic heterocycles. The molecule has 4 aromatic rings. The number of thiocarbonyl (C=S) groups is 1. The Balaban J connectivity index is 1.50. The molecule has 1 saturated heterocycles. The second-order valence-corrected chi connectivity index (χ2v) is 9.83. The molecule has 0 unspecified atom stereocenters. The van der Waals surface area contributed by atoms with Gasteiger partial charge in [-0.2, -0.15) is 0 Å². The molecule has 0 bridgehead atoms. The van der Waals surface area contributed by atoms with Crippen LogP contribution in [0.5, 0.6) is 0 Å². The van der Waals surface area contributed by atoms with Crippen molar-refractivity contribution in [3.63, 3.8) is 0 Å². The monoisotopic (exact) mass is 507 g/mol. The van der Waals surface area contributed by atoms with Gasteiger partial charge in [-0.05, 0) is 67.4 Å². The molecule has 1 N–H and O–H groups in total. The Hall–Kier alpha value is -4.03. The lowest BCUT2D eigenvalue weighted by Gasteiger charge is -2.29. The molecule has 5 rings (SSSR count). The zero-order valence-electron chi connectivity index (χ0n) is 21.0. The second kappa shape index (κ2) is 10.5. The predicted octanol–water partition coefficient (Wildman–Crippen LogP) is 6.17. The van der Waals surface area contributed by atoms with Crippen molar-refractivity contribution in [2.75, 3.05) is 4.90 Å². The van der Waals surface area contributed by atoms with Crippen LogP contribution >= 0.6 is 12.2 Å². The normalized spacial score (nSPS) is 15.0. The number of nitrogens with one attached hydrogen (secondary N) is 1. The van der Waals surface area contributed by atoms with Crippen LogP contribution in [0, 0.1) is 6.92 Å². The van der Waals surface area contributed by atoms with Crippen molar-refractivity contribution in [1.82, 2.24) is 9.88 Å². The quantitative estimate of drug-likeness (QED) is 0.185. The van der Waals surface area contributed by atoms with Crippen molar-refractivity contribution in [2.45, 2.75) is 39.7 Å². The average Bonchev–Trinajstić information content (AvgIpc) is 3.23. The Morgan fingerprint density at radius 1 is 0.946 bits per heavy atom. The number of anilines is 1. The van der Waals surface area contributed by atoms with Crippen molar-refractivity contribution >= 4 is 51.8 Å². The number of amides is 2. The number of aryl methyl sites for hydroxylation is 2. The van der Waals surface area contributed by atoms with Gasteiger partial charge in [0, 0.05) is 29.2 Å². The predicted molar refractivity (Wildman–Crippen MR) is 153 cm³/mol. The fourth-order valence-corrected chi connectivity index (χ4v) is 5.05. The van der Waals surface area contributed by atoms with Crippen LogP contribution in [0.15, 0.2) is 84.6 Å².